The van der Waals surface area contributed by atoms with Crippen molar-refractivity contribution in [3.63, 3.8) is 0 Å². The van der Waals surface area contributed by atoms with Gasteiger partial charge in [0.25, 0.3) is 5.91 Å². The van der Waals surface area contributed by atoms with Gasteiger partial charge in [0.2, 0.25) is 0 Å². The average Bonchev–Trinajstić information content (AvgIpc) is 3.18. The van der Waals surface area contributed by atoms with Gasteiger partial charge in [0, 0.05) is 22.4 Å². The number of hydrogen-bond donors (Lipinski definition) is 2. The lowest BCUT2D eigenvalue weighted by Gasteiger charge is -2.11. The van der Waals surface area contributed by atoms with E-state index in [2.05, 4.69) is 10.3 Å². The summed E-state index contributed by atoms with van der Waals surface area (Å²) < 4.78 is 10.7. The van der Waals surface area contributed by atoms with Crippen LogP contribution in [0.15, 0.2) is 59.5 Å². The van der Waals surface area contributed by atoms with Crippen LogP contribution in [-0.2, 0) is 6.61 Å². The van der Waals surface area contributed by atoms with E-state index >= 15 is 0 Å². The molecule has 1 amide bonds. The molecule has 1 aromatic heterocycles. The molecular weight excluding hydrogens is 320 g/mol. The molecule has 0 unspecified atom stereocenters. The van der Waals surface area contributed by atoms with E-state index < -0.39 is 0 Å². The summed E-state index contributed by atoms with van der Waals surface area (Å²) in [7, 11) is 0. The smallest absolute Gasteiger partial charge is 0.255 e. The van der Waals surface area contributed by atoms with Gasteiger partial charge in [-0.15, -0.1) is 0 Å². The van der Waals surface area contributed by atoms with Crippen LogP contribution in [0.2, 0.25) is 0 Å². The highest BCUT2D eigenvalue weighted by Gasteiger charge is 2.10. The number of aliphatic hydroxyl groups is 1. The van der Waals surface area contributed by atoms with Crippen molar-refractivity contribution < 1.29 is 19.1 Å². The second kappa shape index (κ2) is 7.63. The third-order valence-electron chi connectivity index (χ3n) is 3.65. The Morgan fingerprint density at radius 1 is 1.24 bits per heavy atom. The molecule has 0 atom stereocenters. The molecular formula is C19H18N2O4. The number of amides is 1. The van der Waals surface area contributed by atoms with Crippen molar-refractivity contribution in [3.05, 3.63) is 66.2 Å². The largest absolute Gasteiger partial charge is 0.494 e. The zero-order valence-electron chi connectivity index (χ0n) is 13.7. The maximum Gasteiger partial charge on any atom is 0.255 e. The number of ether oxygens (including phenoxy) is 1. The molecule has 6 nitrogen and oxygen atoms in total. The van der Waals surface area contributed by atoms with E-state index in [1.54, 1.807) is 48.7 Å². The molecule has 0 aliphatic carbocycles. The van der Waals surface area contributed by atoms with Crippen LogP contribution in [0.3, 0.4) is 0 Å². The molecule has 2 aromatic carbocycles. The monoisotopic (exact) mass is 338 g/mol. The quantitative estimate of drug-likeness (QED) is 0.719. The fourth-order valence-corrected chi connectivity index (χ4v) is 2.42. The van der Waals surface area contributed by atoms with Crippen LogP contribution in [-0.4, -0.2) is 22.6 Å². The first-order chi connectivity index (χ1) is 12.2. The Kier molecular flexibility index (Phi) is 5.11. The molecule has 0 bridgehead atoms. The van der Waals surface area contributed by atoms with Crippen molar-refractivity contribution in [3.8, 4) is 17.1 Å². The molecule has 0 aliphatic heterocycles. The maximum absolute atomic E-state index is 12.4. The first-order valence-corrected chi connectivity index (χ1v) is 7.88. The number of nitrogens with one attached hydrogen (secondary N) is 1. The Labute approximate surface area is 145 Å². The van der Waals surface area contributed by atoms with Gasteiger partial charge >= 0.3 is 0 Å². The summed E-state index contributed by atoms with van der Waals surface area (Å²) in [6.45, 7) is 2.22. The highest BCUT2D eigenvalue weighted by Crippen LogP contribution is 2.24. The van der Waals surface area contributed by atoms with Gasteiger partial charge in [0.05, 0.1) is 19.4 Å². The summed E-state index contributed by atoms with van der Waals surface area (Å²) in [6, 6.07) is 12.2. The Hall–Kier alpha value is -3.12. The number of aromatic nitrogens is 1. The van der Waals surface area contributed by atoms with Gasteiger partial charge in [-0.05, 0) is 37.3 Å². The lowest BCUT2D eigenvalue weighted by atomic mass is 10.1. The van der Waals surface area contributed by atoms with Crippen LogP contribution in [0, 0.1) is 0 Å². The van der Waals surface area contributed by atoms with Crippen molar-refractivity contribution in [2.24, 2.45) is 0 Å². The second-order valence-corrected chi connectivity index (χ2v) is 5.31. The normalized spacial score (nSPS) is 10.5. The number of rotatable bonds is 6. The first-order valence-electron chi connectivity index (χ1n) is 7.88. The van der Waals surface area contributed by atoms with Crippen LogP contribution in [0.25, 0.3) is 11.3 Å². The fourth-order valence-electron chi connectivity index (χ4n) is 2.42. The van der Waals surface area contributed by atoms with E-state index in [0.29, 0.717) is 34.9 Å². The molecule has 0 saturated carbocycles. The molecule has 0 aliphatic rings. The summed E-state index contributed by atoms with van der Waals surface area (Å²) in [4.78, 5) is 16.3. The molecule has 0 saturated heterocycles. The van der Waals surface area contributed by atoms with Gasteiger partial charge in [0.15, 0.2) is 12.2 Å². The Bertz CT molecular complexity index is 842. The van der Waals surface area contributed by atoms with Crippen LogP contribution in [0.1, 0.15) is 22.8 Å². The summed E-state index contributed by atoms with van der Waals surface area (Å²) >= 11 is 0. The maximum atomic E-state index is 12.4. The zero-order chi connectivity index (χ0) is 17.6. The minimum atomic E-state index is -0.239. The van der Waals surface area contributed by atoms with E-state index in [0.717, 1.165) is 5.56 Å². The van der Waals surface area contributed by atoms with Crippen LogP contribution < -0.4 is 10.1 Å². The van der Waals surface area contributed by atoms with Crippen molar-refractivity contribution >= 4 is 11.6 Å². The average molecular weight is 338 g/mol. The van der Waals surface area contributed by atoms with Gasteiger partial charge in [0.1, 0.15) is 5.75 Å². The van der Waals surface area contributed by atoms with E-state index in [-0.39, 0.29) is 12.5 Å². The van der Waals surface area contributed by atoms with Crippen LogP contribution in [0.4, 0.5) is 5.69 Å². The number of aliphatic hydroxyl groups excluding tert-OH is 1. The number of anilines is 1. The highest BCUT2D eigenvalue weighted by atomic mass is 16.5. The molecule has 25 heavy (non-hydrogen) atoms. The topological polar surface area (TPSA) is 84.6 Å². The lowest BCUT2D eigenvalue weighted by molar-refractivity contribution is 0.102. The molecule has 2 N–H and O–H groups in total. The summed E-state index contributed by atoms with van der Waals surface area (Å²) in [6.07, 6.45) is 2.98. The molecule has 128 valence electrons. The highest BCUT2D eigenvalue weighted by molar-refractivity contribution is 6.04. The van der Waals surface area contributed by atoms with Crippen molar-refractivity contribution in [1.29, 1.82) is 0 Å². The van der Waals surface area contributed by atoms with Gasteiger partial charge < -0.3 is 19.6 Å². The Balaban J connectivity index is 1.73. The summed E-state index contributed by atoms with van der Waals surface area (Å²) in [5.41, 5.74) is 2.58. The number of nitrogens with zero attached hydrogens (tertiary/aromatic N) is 1. The lowest BCUT2D eigenvalue weighted by Crippen LogP contribution is -2.12. The standard InChI is InChI=1S/C19H18N2O4/c1-2-24-17-8-7-16(9-15(17)11-22)21-19(23)14-5-3-13(4-6-14)18-10-20-12-25-18/h3-10,12,22H,2,11H2,1H3,(H,21,23). The molecule has 0 radical (unpaired) electrons. The molecule has 3 rings (SSSR count). The van der Waals surface area contributed by atoms with E-state index in [4.69, 9.17) is 9.15 Å². The van der Waals surface area contributed by atoms with E-state index in [1.165, 1.54) is 6.39 Å². The number of benzene rings is 2. The van der Waals surface area contributed by atoms with Crippen molar-refractivity contribution in [1.82, 2.24) is 4.98 Å². The van der Waals surface area contributed by atoms with Gasteiger partial charge in [-0.2, -0.15) is 0 Å². The van der Waals surface area contributed by atoms with E-state index in [1.807, 2.05) is 6.92 Å². The Morgan fingerprint density at radius 2 is 2.04 bits per heavy atom. The van der Waals surface area contributed by atoms with Crippen molar-refractivity contribution in [2.75, 3.05) is 11.9 Å². The third-order valence-corrected chi connectivity index (χ3v) is 3.65. The molecule has 0 fully saturated rings. The first kappa shape index (κ1) is 16.7. The zero-order valence-corrected chi connectivity index (χ0v) is 13.7. The second-order valence-electron chi connectivity index (χ2n) is 5.31. The number of carbonyl (C=O) groups excluding carboxylic acids is 1. The van der Waals surface area contributed by atoms with Gasteiger partial charge in [-0.25, -0.2) is 4.98 Å². The van der Waals surface area contributed by atoms with Gasteiger partial charge in [-0.1, -0.05) is 12.1 Å². The number of hydrogen-bond acceptors (Lipinski definition) is 5. The molecule has 6 heteroatoms. The fraction of sp³-hybridized carbons (Fsp3) is 0.158. The number of carbonyl (C=O) groups is 1. The predicted molar refractivity (Wildman–Crippen MR) is 93.4 cm³/mol. The van der Waals surface area contributed by atoms with Gasteiger partial charge in [-0.3, -0.25) is 4.79 Å². The third kappa shape index (κ3) is 3.87. The molecule has 0 spiro atoms. The van der Waals surface area contributed by atoms with Crippen LogP contribution in [0.5, 0.6) is 5.75 Å². The number of oxazole rings is 1. The SMILES string of the molecule is CCOc1ccc(NC(=O)c2ccc(-c3cnco3)cc2)cc1CO. The minimum Gasteiger partial charge on any atom is -0.494 e. The minimum absolute atomic E-state index is 0.162. The summed E-state index contributed by atoms with van der Waals surface area (Å²) in [5, 5.41) is 12.3. The summed E-state index contributed by atoms with van der Waals surface area (Å²) in [5.74, 6) is 1.02. The molecule has 1 heterocycles. The van der Waals surface area contributed by atoms with E-state index in [9.17, 15) is 9.90 Å². The Morgan fingerprint density at radius 3 is 2.68 bits per heavy atom. The van der Waals surface area contributed by atoms with Crippen LogP contribution >= 0.6 is 0 Å². The predicted octanol–water partition coefficient (Wildman–Crippen LogP) is 3.48. The molecule has 3 aromatic rings. The van der Waals surface area contributed by atoms with Crippen molar-refractivity contribution in [2.45, 2.75) is 13.5 Å².